The van der Waals surface area contributed by atoms with Crippen molar-refractivity contribution >= 4 is 5.95 Å². The van der Waals surface area contributed by atoms with Gasteiger partial charge < -0.3 is 10.2 Å². The second kappa shape index (κ2) is 6.29. The molecule has 0 saturated carbocycles. The van der Waals surface area contributed by atoms with Gasteiger partial charge in [-0.2, -0.15) is 0 Å². The number of aromatic nitrogens is 2. The largest absolute Gasteiger partial charge is 0.353 e. The van der Waals surface area contributed by atoms with Crippen LogP contribution >= 0.6 is 0 Å². The zero-order valence-corrected chi connectivity index (χ0v) is 11.7. The van der Waals surface area contributed by atoms with Crippen LogP contribution < -0.4 is 5.32 Å². The van der Waals surface area contributed by atoms with Crippen LogP contribution in [0.5, 0.6) is 0 Å². The average molecular weight is 256 g/mol. The van der Waals surface area contributed by atoms with Crippen molar-refractivity contribution in [3.63, 3.8) is 0 Å². The molecule has 0 aliphatic rings. The number of benzene rings is 1. The zero-order valence-electron chi connectivity index (χ0n) is 11.7. The summed E-state index contributed by atoms with van der Waals surface area (Å²) in [5, 5.41) is 3.26. The Bertz CT molecular complexity index is 523. The van der Waals surface area contributed by atoms with E-state index in [2.05, 4.69) is 32.3 Å². The Morgan fingerprint density at radius 1 is 1.11 bits per heavy atom. The summed E-state index contributed by atoms with van der Waals surface area (Å²) in [7, 11) is 4.10. The Hall–Kier alpha value is -1.94. The maximum atomic E-state index is 4.56. The van der Waals surface area contributed by atoms with Crippen LogP contribution in [0.4, 0.5) is 5.95 Å². The van der Waals surface area contributed by atoms with E-state index in [1.165, 1.54) is 0 Å². The maximum Gasteiger partial charge on any atom is 0.223 e. The molecule has 1 heterocycles. The first kappa shape index (κ1) is 13.5. The summed E-state index contributed by atoms with van der Waals surface area (Å²) in [5.74, 6) is 0.695. The monoisotopic (exact) mass is 256 g/mol. The highest BCUT2D eigenvalue weighted by Crippen LogP contribution is 2.18. The first-order valence-corrected chi connectivity index (χ1v) is 6.45. The van der Waals surface area contributed by atoms with Crippen molar-refractivity contribution in [2.45, 2.75) is 6.92 Å². The van der Waals surface area contributed by atoms with Crippen LogP contribution in [0.3, 0.4) is 0 Å². The van der Waals surface area contributed by atoms with Gasteiger partial charge >= 0.3 is 0 Å². The van der Waals surface area contributed by atoms with Crippen molar-refractivity contribution in [3.05, 3.63) is 42.1 Å². The maximum absolute atomic E-state index is 4.56. The van der Waals surface area contributed by atoms with E-state index in [-0.39, 0.29) is 0 Å². The number of nitrogens with zero attached hydrogens (tertiary/aromatic N) is 3. The van der Waals surface area contributed by atoms with Crippen LogP contribution in [0.25, 0.3) is 11.3 Å². The molecule has 0 radical (unpaired) electrons. The van der Waals surface area contributed by atoms with Crippen molar-refractivity contribution in [1.82, 2.24) is 14.9 Å². The minimum absolute atomic E-state index is 0.695. The van der Waals surface area contributed by atoms with Gasteiger partial charge in [0.25, 0.3) is 0 Å². The highest BCUT2D eigenvalue weighted by Gasteiger charge is 2.04. The van der Waals surface area contributed by atoms with Gasteiger partial charge in [0.1, 0.15) is 0 Å². The molecule has 4 nitrogen and oxygen atoms in total. The second-order valence-electron chi connectivity index (χ2n) is 4.81. The van der Waals surface area contributed by atoms with Gasteiger partial charge in [-0.25, -0.2) is 9.97 Å². The van der Waals surface area contributed by atoms with Crippen molar-refractivity contribution in [3.8, 4) is 11.3 Å². The molecule has 0 aliphatic carbocycles. The average Bonchev–Trinajstić information content (AvgIpc) is 2.39. The molecule has 0 fully saturated rings. The standard InChI is InChI=1S/C15H20N4/c1-12-11-14(13-7-5-4-6-8-13)18-15(17-12)16-9-10-19(2)3/h4-8,11H,9-10H2,1-3H3,(H,16,17,18). The Kier molecular flexibility index (Phi) is 4.47. The Morgan fingerprint density at radius 2 is 1.84 bits per heavy atom. The fourth-order valence-corrected chi connectivity index (χ4v) is 1.80. The third kappa shape index (κ3) is 4.03. The van der Waals surface area contributed by atoms with Crippen molar-refractivity contribution < 1.29 is 0 Å². The van der Waals surface area contributed by atoms with E-state index in [0.717, 1.165) is 30.0 Å². The third-order valence-corrected chi connectivity index (χ3v) is 2.77. The van der Waals surface area contributed by atoms with Gasteiger partial charge in [-0.05, 0) is 27.1 Å². The van der Waals surface area contributed by atoms with E-state index in [4.69, 9.17) is 0 Å². The summed E-state index contributed by atoms with van der Waals surface area (Å²) in [6.07, 6.45) is 0. The summed E-state index contributed by atoms with van der Waals surface area (Å²) in [4.78, 5) is 11.1. The van der Waals surface area contributed by atoms with E-state index in [0.29, 0.717) is 5.95 Å². The lowest BCUT2D eigenvalue weighted by Gasteiger charge is -2.11. The highest BCUT2D eigenvalue weighted by molar-refractivity contribution is 5.60. The molecule has 0 atom stereocenters. The molecule has 19 heavy (non-hydrogen) atoms. The van der Waals surface area contributed by atoms with E-state index in [9.17, 15) is 0 Å². The van der Waals surface area contributed by atoms with Crippen molar-refractivity contribution in [2.24, 2.45) is 0 Å². The molecule has 0 saturated heterocycles. The fraction of sp³-hybridized carbons (Fsp3) is 0.333. The number of aryl methyl sites for hydroxylation is 1. The first-order valence-electron chi connectivity index (χ1n) is 6.45. The second-order valence-corrected chi connectivity index (χ2v) is 4.81. The Balaban J connectivity index is 2.16. The van der Waals surface area contributed by atoms with Crippen LogP contribution in [-0.4, -0.2) is 42.1 Å². The smallest absolute Gasteiger partial charge is 0.223 e. The SMILES string of the molecule is Cc1cc(-c2ccccc2)nc(NCCN(C)C)n1. The van der Waals surface area contributed by atoms with Crippen LogP contribution in [0, 0.1) is 6.92 Å². The molecule has 0 spiro atoms. The molecule has 2 rings (SSSR count). The fourth-order valence-electron chi connectivity index (χ4n) is 1.80. The van der Waals surface area contributed by atoms with Crippen molar-refractivity contribution in [1.29, 1.82) is 0 Å². The number of anilines is 1. The van der Waals surface area contributed by atoms with Gasteiger partial charge in [-0.1, -0.05) is 30.3 Å². The lowest BCUT2D eigenvalue weighted by atomic mass is 10.1. The van der Waals surface area contributed by atoms with Crippen LogP contribution in [0.1, 0.15) is 5.69 Å². The van der Waals surface area contributed by atoms with Gasteiger partial charge in [-0.3, -0.25) is 0 Å². The molecular formula is C15H20N4. The van der Waals surface area contributed by atoms with Gasteiger partial charge in [0.05, 0.1) is 5.69 Å². The third-order valence-electron chi connectivity index (χ3n) is 2.77. The normalized spacial score (nSPS) is 10.7. The number of nitrogens with one attached hydrogen (secondary N) is 1. The molecular weight excluding hydrogens is 236 g/mol. The summed E-state index contributed by atoms with van der Waals surface area (Å²) in [5.41, 5.74) is 3.05. The highest BCUT2D eigenvalue weighted by atomic mass is 15.1. The van der Waals surface area contributed by atoms with E-state index in [1.807, 2.05) is 45.3 Å². The molecule has 1 aromatic heterocycles. The van der Waals surface area contributed by atoms with Gasteiger partial charge in [0.2, 0.25) is 5.95 Å². The van der Waals surface area contributed by atoms with Gasteiger partial charge in [-0.15, -0.1) is 0 Å². The lowest BCUT2D eigenvalue weighted by molar-refractivity contribution is 0.425. The summed E-state index contributed by atoms with van der Waals surface area (Å²) < 4.78 is 0. The summed E-state index contributed by atoms with van der Waals surface area (Å²) in [6.45, 7) is 3.79. The van der Waals surface area contributed by atoms with Crippen LogP contribution in [0.15, 0.2) is 36.4 Å². The summed E-state index contributed by atoms with van der Waals surface area (Å²) >= 11 is 0. The predicted molar refractivity (Wildman–Crippen MR) is 79.2 cm³/mol. The number of likely N-dealkylation sites (N-methyl/N-ethyl adjacent to an activating group) is 1. The van der Waals surface area contributed by atoms with Crippen LogP contribution in [0.2, 0.25) is 0 Å². The topological polar surface area (TPSA) is 41.1 Å². The minimum atomic E-state index is 0.695. The lowest BCUT2D eigenvalue weighted by Crippen LogP contribution is -2.21. The van der Waals surface area contributed by atoms with Gasteiger partial charge in [0.15, 0.2) is 0 Å². The molecule has 100 valence electrons. The molecule has 0 bridgehead atoms. The molecule has 2 aromatic rings. The zero-order chi connectivity index (χ0) is 13.7. The number of hydrogen-bond donors (Lipinski definition) is 1. The molecule has 4 heteroatoms. The van der Waals surface area contributed by atoms with Gasteiger partial charge in [0, 0.05) is 24.3 Å². The van der Waals surface area contributed by atoms with E-state index < -0.39 is 0 Å². The first-order chi connectivity index (χ1) is 9.15. The molecule has 0 amide bonds. The van der Waals surface area contributed by atoms with Crippen molar-refractivity contribution in [2.75, 3.05) is 32.5 Å². The molecule has 0 aliphatic heterocycles. The molecule has 1 aromatic carbocycles. The van der Waals surface area contributed by atoms with E-state index in [1.54, 1.807) is 0 Å². The van der Waals surface area contributed by atoms with Crippen LogP contribution in [-0.2, 0) is 0 Å². The van der Waals surface area contributed by atoms with E-state index >= 15 is 0 Å². The Labute approximate surface area is 114 Å². The molecule has 1 N–H and O–H groups in total. The number of rotatable bonds is 5. The Morgan fingerprint density at radius 3 is 2.53 bits per heavy atom. The molecule has 0 unspecified atom stereocenters. The predicted octanol–water partition coefficient (Wildman–Crippen LogP) is 2.43. The summed E-state index contributed by atoms with van der Waals surface area (Å²) in [6, 6.07) is 12.2. The quantitative estimate of drug-likeness (QED) is 0.892. The minimum Gasteiger partial charge on any atom is -0.353 e. The number of hydrogen-bond acceptors (Lipinski definition) is 4.